The maximum absolute atomic E-state index is 12.4. The number of likely N-dealkylation sites (tertiary alicyclic amines) is 1. The molecule has 1 aliphatic rings. The highest BCUT2D eigenvalue weighted by Gasteiger charge is 2.29. The molecular weight excluding hydrogens is 298 g/mol. The predicted molar refractivity (Wildman–Crippen MR) is 79.6 cm³/mol. The van der Waals surface area contributed by atoms with E-state index in [1.165, 1.54) is 4.90 Å². The summed E-state index contributed by atoms with van der Waals surface area (Å²) in [5, 5.41) is 16.9. The van der Waals surface area contributed by atoms with Gasteiger partial charge >= 0.3 is 5.97 Å². The van der Waals surface area contributed by atoms with E-state index in [4.69, 9.17) is 5.11 Å². The van der Waals surface area contributed by atoms with Crippen LogP contribution in [0.2, 0.25) is 0 Å². The topological polar surface area (TPSA) is 101 Å². The van der Waals surface area contributed by atoms with Crippen LogP contribution in [0.3, 0.4) is 0 Å². The molecule has 1 amide bonds. The molecule has 0 saturated carbocycles. The highest BCUT2D eigenvalue weighted by atomic mass is 16.4. The van der Waals surface area contributed by atoms with E-state index < -0.39 is 11.9 Å². The molecule has 1 atom stereocenters. The van der Waals surface area contributed by atoms with Gasteiger partial charge in [-0.25, -0.2) is 4.68 Å². The first-order valence-corrected chi connectivity index (χ1v) is 7.45. The summed E-state index contributed by atoms with van der Waals surface area (Å²) in [5.74, 6) is -1.64. The minimum absolute atomic E-state index is 0.223. The van der Waals surface area contributed by atoms with Gasteiger partial charge in [0.2, 0.25) is 0 Å². The smallest absolute Gasteiger partial charge is 0.308 e. The largest absolute Gasteiger partial charge is 0.481 e. The van der Waals surface area contributed by atoms with Gasteiger partial charge in [-0.2, -0.15) is 0 Å². The fraction of sp³-hybridized carbons (Fsp3) is 0.400. The average Bonchev–Trinajstić information content (AvgIpc) is 3.03. The van der Waals surface area contributed by atoms with Crippen molar-refractivity contribution in [3.8, 4) is 0 Å². The lowest BCUT2D eigenvalue weighted by Gasteiger charge is -2.29. The zero-order valence-electron chi connectivity index (χ0n) is 12.5. The maximum atomic E-state index is 12.4. The van der Waals surface area contributed by atoms with Gasteiger partial charge in [-0.1, -0.05) is 11.3 Å². The zero-order chi connectivity index (χ0) is 16.2. The first kappa shape index (κ1) is 15.1. The Balaban J connectivity index is 1.67. The summed E-state index contributed by atoms with van der Waals surface area (Å²) in [6.45, 7) is 1.20. The van der Waals surface area contributed by atoms with Crippen molar-refractivity contribution in [3.05, 3.63) is 42.0 Å². The number of carboxylic acids is 1. The molecule has 2 aromatic heterocycles. The van der Waals surface area contributed by atoms with Crippen LogP contribution >= 0.6 is 0 Å². The fourth-order valence-corrected chi connectivity index (χ4v) is 2.66. The summed E-state index contributed by atoms with van der Waals surface area (Å²) in [5.41, 5.74) is 1.05. The van der Waals surface area contributed by atoms with E-state index in [2.05, 4.69) is 15.3 Å². The molecule has 8 nitrogen and oxygen atoms in total. The number of pyridine rings is 1. The molecule has 8 heteroatoms. The maximum Gasteiger partial charge on any atom is 0.308 e. The summed E-state index contributed by atoms with van der Waals surface area (Å²) >= 11 is 0. The lowest BCUT2D eigenvalue weighted by atomic mass is 9.98. The van der Waals surface area contributed by atoms with E-state index in [0.717, 1.165) is 5.69 Å². The van der Waals surface area contributed by atoms with Crippen molar-refractivity contribution in [2.75, 3.05) is 13.1 Å². The summed E-state index contributed by atoms with van der Waals surface area (Å²) in [7, 11) is 0. The minimum atomic E-state index is -0.860. The molecule has 1 aliphatic heterocycles. The number of hydrogen-bond donors (Lipinski definition) is 1. The van der Waals surface area contributed by atoms with Gasteiger partial charge in [0.05, 0.1) is 24.4 Å². The Hall–Kier alpha value is -2.77. The van der Waals surface area contributed by atoms with Crippen molar-refractivity contribution < 1.29 is 14.7 Å². The molecule has 3 heterocycles. The quantitative estimate of drug-likeness (QED) is 0.889. The molecule has 1 unspecified atom stereocenters. The molecule has 0 bridgehead atoms. The van der Waals surface area contributed by atoms with E-state index in [1.807, 2.05) is 18.2 Å². The van der Waals surface area contributed by atoms with Gasteiger partial charge in [0.1, 0.15) is 0 Å². The number of aromatic nitrogens is 4. The summed E-state index contributed by atoms with van der Waals surface area (Å²) in [6, 6.07) is 5.57. The predicted octanol–water partition coefficient (Wildman–Crippen LogP) is 0.658. The van der Waals surface area contributed by atoms with Crippen LogP contribution in [-0.2, 0) is 11.3 Å². The molecule has 23 heavy (non-hydrogen) atoms. The number of carbonyl (C=O) groups excluding carboxylic acids is 1. The lowest BCUT2D eigenvalue weighted by Crippen LogP contribution is -2.42. The standard InChI is InChI=1S/C15H17N5O3/c21-14(19-7-3-4-11(8-19)15(22)23)13-10-20(18-17-13)9-12-5-1-2-6-16-12/h1-2,5-6,10-11H,3-4,7-9H2,(H,22,23). The van der Waals surface area contributed by atoms with Crippen molar-refractivity contribution in [1.29, 1.82) is 0 Å². The highest BCUT2D eigenvalue weighted by molar-refractivity contribution is 5.92. The van der Waals surface area contributed by atoms with Crippen LogP contribution in [0, 0.1) is 5.92 Å². The highest BCUT2D eigenvalue weighted by Crippen LogP contribution is 2.18. The van der Waals surface area contributed by atoms with Crippen molar-refractivity contribution in [3.63, 3.8) is 0 Å². The second-order valence-corrected chi connectivity index (χ2v) is 5.55. The van der Waals surface area contributed by atoms with Gasteiger partial charge in [-0.3, -0.25) is 14.6 Å². The molecule has 0 aliphatic carbocycles. The number of carbonyl (C=O) groups is 2. The molecule has 0 aromatic carbocycles. The molecule has 1 fully saturated rings. The van der Waals surface area contributed by atoms with E-state index in [1.54, 1.807) is 17.1 Å². The number of aliphatic carboxylic acids is 1. The van der Waals surface area contributed by atoms with Crippen molar-refractivity contribution in [2.45, 2.75) is 19.4 Å². The number of amides is 1. The summed E-state index contributed by atoms with van der Waals surface area (Å²) < 4.78 is 1.55. The molecule has 120 valence electrons. The van der Waals surface area contributed by atoms with Crippen LogP contribution in [-0.4, -0.2) is 55.0 Å². The normalized spacial score (nSPS) is 17.9. The third kappa shape index (κ3) is 3.53. The van der Waals surface area contributed by atoms with Crippen molar-refractivity contribution in [1.82, 2.24) is 24.9 Å². The van der Waals surface area contributed by atoms with Gasteiger partial charge < -0.3 is 10.0 Å². The number of nitrogens with zero attached hydrogens (tertiary/aromatic N) is 5. The summed E-state index contributed by atoms with van der Waals surface area (Å²) in [4.78, 5) is 29.3. The van der Waals surface area contributed by atoms with Gasteiger partial charge in [-0.05, 0) is 25.0 Å². The lowest BCUT2D eigenvalue weighted by molar-refractivity contribution is -0.143. The molecular formula is C15H17N5O3. The first-order chi connectivity index (χ1) is 11.1. The third-order valence-corrected chi connectivity index (χ3v) is 3.87. The molecule has 3 rings (SSSR count). The second-order valence-electron chi connectivity index (χ2n) is 5.55. The van der Waals surface area contributed by atoms with Crippen molar-refractivity contribution in [2.24, 2.45) is 5.92 Å². The van der Waals surface area contributed by atoms with Crippen LogP contribution in [0.1, 0.15) is 29.0 Å². The second kappa shape index (κ2) is 6.55. The van der Waals surface area contributed by atoms with Gasteiger partial charge in [0.15, 0.2) is 5.69 Å². The van der Waals surface area contributed by atoms with E-state index in [-0.39, 0.29) is 18.1 Å². The van der Waals surface area contributed by atoms with Crippen molar-refractivity contribution >= 4 is 11.9 Å². The Kier molecular flexibility index (Phi) is 4.31. The van der Waals surface area contributed by atoms with Crippen LogP contribution < -0.4 is 0 Å². The number of piperidine rings is 1. The Labute approximate surface area is 132 Å². The Morgan fingerprint density at radius 1 is 1.35 bits per heavy atom. The Bertz CT molecular complexity index is 700. The number of carboxylic acid groups (broad SMARTS) is 1. The minimum Gasteiger partial charge on any atom is -0.481 e. The third-order valence-electron chi connectivity index (χ3n) is 3.87. The van der Waals surface area contributed by atoms with Crippen LogP contribution in [0.15, 0.2) is 30.6 Å². The van der Waals surface area contributed by atoms with E-state index >= 15 is 0 Å². The number of hydrogen-bond acceptors (Lipinski definition) is 5. The summed E-state index contributed by atoms with van der Waals surface area (Å²) in [6.07, 6.45) is 4.55. The zero-order valence-corrected chi connectivity index (χ0v) is 12.5. The number of rotatable bonds is 4. The Morgan fingerprint density at radius 2 is 2.22 bits per heavy atom. The molecule has 0 spiro atoms. The molecule has 1 saturated heterocycles. The van der Waals surface area contributed by atoms with Crippen LogP contribution in [0.25, 0.3) is 0 Å². The monoisotopic (exact) mass is 315 g/mol. The Morgan fingerprint density at radius 3 is 2.96 bits per heavy atom. The first-order valence-electron chi connectivity index (χ1n) is 7.45. The van der Waals surface area contributed by atoms with E-state index in [9.17, 15) is 9.59 Å². The molecule has 2 aromatic rings. The SMILES string of the molecule is O=C(O)C1CCCN(C(=O)c2cn(Cc3ccccn3)nn2)C1. The van der Waals surface area contributed by atoms with E-state index in [0.29, 0.717) is 25.9 Å². The van der Waals surface area contributed by atoms with Gasteiger partial charge in [-0.15, -0.1) is 5.10 Å². The molecule has 0 radical (unpaired) electrons. The van der Waals surface area contributed by atoms with Crippen LogP contribution in [0.5, 0.6) is 0 Å². The van der Waals surface area contributed by atoms with Gasteiger partial charge in [0.25, 0.3) is 5.91 Å². The van der Waals surface area contributed by atoms with Crippen LogP contribution in [0.4, 0.5) is 0 Å². The fourth-order valence-electron chi connectivity index (χ4n) is 2.66. The molecule has 1 N–H and O–H groups in total. The average molecular weight is 315 g/mol. The van der Waals surface area contributed by atoms with Gasteiger partial charge in [0, 0.05) is 19.3 Å².